The number of rotatable bonds is 6. The molecule has 4 nitrogen and oxygen atoms in total. The first-order chi connectivity index (χ1) is 10.2. The maximum Gasteiger partial charge on any atom is 0.319 e. The summed E-state index contributed by atoms with van der Waals surface area (Å²) in [6.45, 7) is 3.19. The summed E-state index contributed by atoms with van der Waals surface area (Å²) >= 11 is 0. The third kappa shape index (κ3) is 5.57. The molecule has 0 saturated heterocycles. The van der Waals surface area contributed by atoms with E-state index in [1.165, 1.54) is 5.56 Å². The fourth-order valence-corrected chi connectivity index (χ4v) is 1.80. The van der Waals surface area contributed by atoms with Crippen molar-refractivity contribution >= 4 is 11.7 Å². The van der Waals surface area contributed by atoms with Crippen molar-refractivity contribution in [1.82, 2.24) is 5.32 Å². The van der Waals surface area contributed by atoms with Gasteiger partial charge in [-0.2, -0.15) is 0 Å². The Morgan fingerprint density at radius 2 is 1.76 bits per heavy atom. The van der Waals surface area contributed by atoms with Crippen LogP contribution in [0.1, 0.15) is 12.0 Å². The standard InChI is InChI=1S/C17H20N2O2/c1-14-8-10-16(11-9-14)21-13-5-12-18-17(20)19-15-6-3-2-4-7-15/h2-4,6-11H,5,12-13H2,1H3,(H2,18,19,20). The number of carbonyl (C=O) groups excluding carboxylic acids is 1. The second kappa shape index (κ2) is 7.94. The van der Waals surface area contributed by atoms with Crippen LogP contribution >= 0.6 is 0 Å². The van der Waals surface area contributed by atoms with Crippen LogP contribution in [-0.2, 0) is 0 Å². The molecule has 0 aliphatic carbocycles. The topological polar surface area (TPSA) is 50.4 Å². The van der Waals surface area contributed by atoms with Gasteiger partial charge in [-0.15, -0.1) is 0 Å². The van der Waals surface area contributed by atoms with E-state index in [1.807, 2.05) is 61.5 Å². The smallest absolute Gasteiger partial charge is 0.319 e. The number of carbonyl (C=O) groups is 1. The highest BCUT2D eigenvalue weighted by Gasteiger charge is 2.00. The molecule has 2 aromatic rings. The number of anilines is 1. The van der Waals surface area contributed by atoms with Crippen LogP contribution in [0.25, 0.3) is 0 Å². The summed E-state index contributed by atoms with van der Waals surface area (Å²) in [5.41, 5.74) is 1.99. The number of para-hydroxylation sites is 1. The molecule has 0 spiro atoms. The number of urea groups is 1. The minimum Gasteiger partial charge on any atom is -0.494 e. The summed E-state index contributed by atoms with van der Waals surface area (Å²) in [6.07, 6.45) is 0.760. The summed E-state index contributed by atoms with van der Waals surface area (Å²) in [6, 6.07) is 17.1. The van der Waals surface area contributed by atoms with Crippen molar-refractivity contribution in [3.05, 3.63) is 60.2 Å². The van der Waals surface area contributed by atoms with E-state index >= 15 is 0 Å². The zero-order valence-electron chi connectivity index (χ0n) is 12.1. The molecule has 0 heterocycles. The average Bonchev–Trinajstić information content (AvgIpc) is 2.50. The Morgan fingerprint density at radius 1 is 1.05 bits per heavy atom. The number of nitrogens with one attached hydrogen (secondary N) is 2. The van der Waals surface area contributed by atoms with Crippen molar-refractivity contribution in [3.8, 4) is 5.75 Å². The normalized spacial score (nSPS) is 9.95. The summed E-state index contributed by atoms with van der Waals surface area (Å²) in [5.74, 6) is 0.856. The lowest BCUT2D eigenvalue weighted by molar-refractivity contribution is 0.250. The van der Waals surface area contributed by atoms with Gasteiger partial charge in [0.25, 0.3) is 0 Å². The molecular weight excluding hydrogens is 264 g/mol. The number of hydrogen-bond donors (Lipinski definition) is 2. The molecule has 0 bridgehead atoms. The first-order valence-corrected chi connectivity index (χ1v) is 7.03. The minimum atomic E-state index is -0.198. The quantitative estimate of drug-likeness (QED) is 0.796. The van der Waals surface area contributed by atoms with Crippen molar-refractivity contribution in [2.24, 2.45) is 0 Å². The fourth-order valence-electron chi connectivity index (χ4n) is 1.80. The van der Waals surface area contributed by atoms with Gasteiger partial charge < -0.3 is 15.4 Å². The second-order valence-corrected chi connectivity index (χ2v) is 4.76. The van der Waals surface area contributed by atoms with E-state index in [4.69, 9.17) is 4.74 Å². The average molecular weight is 284 g/mol. The maximum absolute atomic E-state index is 11.6. The molecular formula is C17H20N2O2. The predicted molar refractivity (Wildman–Crippen MR) is 84.8 cm³/mol. The van der Waals surface area contributed by atoms with Crippen LogP contribution in [0.4, 0.5) is 10.5 Å². The Morgan fingerprint density at radius 3 is 2.48 bits per heavy atom. The Hall–Kier alpha value is -2.49. The molecule has 4 heteroatoms. The van der Waals surface area contributed by atoms with Gasteiger partial charge in [0.1, 0.15) is 5.75 Å². The lowest BCUT2D eigenvalue weighted by Crippen LogP contribution is -2.30. The number of amides is 2. The molecule has 0 aliphatic rings. The molecule has 110 valence electrons. The molecule has 0 radical (unpaired) electrons. The molecule has 21 heavy (non-hydrogen) atoms. The summed E-state index contributed by atoms with van der Waals surface area (Å²) in [4.78, 5) is 11.6. The first-order valence-electron chi connectivity index (χ1n) is 7.03. The van der Waals surface area contributed by atoms with Crippen LogP contribution in [0.2, 0.25) is 0 Å². The van der Waals surface area contributed by atoms with E-state index < -0.39 is 0 Å². The van der Waals surface area contributed by atoms with Gasteiger partial charge in [0.05, 0.1) is 6.61 Å². The number of aryl methyl sites for hydroxylation is 1. The van der Waals surface area contributed by atoms with Crippen molar-refractivity contribution in [2.75, 3.05) is 18.5 Å². The summed E-state index contributed by atoms with van der Waals surface area (Å²) in [5, 5.41) is 5.56. The molecule has 0 fully saturated rings. The first kappa shape index (κ1) is 14.9. The van der Waals surface area contributed by atoms with Crippen LogP contribution in [0, 0.1) is 6.92 Å². The largest absolute Gasteiger partial charge is 0.494 e. The van der Waals surface area contributed by atoms with Crippen LogP contribution in [0.5, 0.6) is 5.75 Å². The molecule has 2 N–H and O–H groups in total. The van der Waals surface area contributed by atoms with Gasteiger partial charge in [-0.3, -0.25) is 0 Å². The Labute approximate surface area is 125 Å². The van der Waals surface area contributed by atoms with Crippen LogP contribution in [0.15, 0.2) is 54.6 Å². The lowest BCUT2D eigenvalue weighted by atomic mass is 10.2. The van der Waals surface area contributed by atoms with E-state index in [2.05, 4.69) is 10.6 Å². The summed E-state index contributed by atoms with van der Waals surface area (Å²) < 4.78 is 5.59. The monoisotopic (exact) mass is 284 g/mol. The molecule has 2 aromatic carbocycles. The van der Waals surface area contributed by atoms with Crippen molar-refractivity contribution < 1.29 is 9.53 Å². The zero-order valence-corrected chi connectivity index (χ0v) is 12.1. The third-order valence-electron chi connectivity index (χ3n) is 2.93. The maximum atomic E-state index is 11.6. The second-order valence-electron chi connectivity index (χ2n) is 4.76. The molecule has 0 unspecified atom stereocenters. The number of hydrogen-bond acceptors (Lipinski definition) is 2. The molecule has 0 saturated carbocycles. The lowest BCUT2D eigenvalue weighted by Gasteiger charge is -2.08. The van der Waals surface area contributed by atoms with Crippen LogP contribution < -0.4 is 15.4 Å². The van der Waals surface area contributed by atoms with E-state index in [-0.39, 0.29) is 6.03 Å². The summed E-state index contributed by atoms with van der Waals surface area (Å²) in [7, 11) is 0. The Kier molecular flexibility index (Phi) is 5.64. The van der Waals surface area contributed by atoms with E-state index in [0.29, 0.717) is 13.2 Å². The van der Waals surface area contributed by atoms with Gasteiger partial charge in [-0.1, -0.05) is 35.9 Å². The van der Waals surface area contributed by atoms with Gasteiger partial charge in [0.15, 0.2) is 0 Å². The molecule has 2 amide bonds. The van der Waals surface area contributed by atoms with Crippen molar-refractivity contribution in [3.63, 3.8) is 0 Å². The van der Waals surface area contributed by atoms with Crippen LogP contribution in [-0.4, -0.2) is 19.2 Å². The van der Waals surface area contributed by atoms with Gasteiger partial charge in [-0.25, -0.2) is 4.79 Å². The van der Waals surface area contributed by atoms with Gasteiger partial charge in [-0.05, 0) is 37.6 Å². The Balaban J connectivity index is 1.59. The zero-order chi connectivity index (χ0) is 14.9. The predicted octanol–water partition coefficient (Wildman–Crippen LogP) is 3.59. The molecule has 0 aliphatic heterocycles. The molecule has 2 rings (SSSR count). The van der Waals surface area contributed by atoms with E-state index in [1.54, 1.807) is 0 Å². The minimum absolute atomic E-state index is 0.198. The van der Waals surface area contributed by atoms with E-state index in [9.17, 15) is 4.79 Å². The third-order valence-corrected chi connectivity index (χ3v) is 2.93. The van der Waals surface area contributed by atoms with Gasteiger partial charge in [0.2, 0.25) is 0 Å². The highest BCUT2D eigenvalue weighted by atomic mass is 16.5. The Bertz CT molecular complexity index is 553. The molecule has 0 atom stereocenters. The van der Waals surface area contributed by atoms with Gasteiger partial charge >= 0.3 is 6.03 Å². The molecule has 0 aromatic heterocycles. The number of benzene rings is 2. The van der Waals surface area contributed by atoms with Crippen molar-refractivity contribution in [1.29, 1.82) is 0 Å². The SMILES string of the molecule is Cc1ccc(OCCCNC(=O)Nc2ccccc2)cc1. The van der Waals surface area contributed by atoms with Gasteiger partial charge in [0, 0.05) is 12.2 Å². The highest BCUT2D eigenvalue weighted by Crippen LogP contribution is 2.11. The van der Waals surface area contributed by atoms with Crippen molar-refractivity contribution in [2.45, 2.75) is 13.3 Å². The van der Waals surface area contributed by atoms with E-state index in [0.717, 1.165) is 17.9 Å². The fraction of sp³-hybridized carbons (Fsp3) is 0.235. The highest BCUT2D eigenvalue weighted by molar-refractivity contribution is 5.89. The van der Waals surface area contributed by atoms with Crippen LogP contribution in [0.3, 0.4) is 0 Å². The number of ether oxygens (including phenoxy) is 1.